The predicted octanol–water partition coefficient (Wildman–Crippen LogP) is 3.31. The molecule has 0 N–H and O–H groups in total. The summed E-state index contributed by atoms with van der Waals surface area (Å²) >= 11 is 7.27. The smallest absolute Gasteiger partial charge is 0.244 e. The van der Waals surface area contributed by atoms with Crippen molar-refractivity contribution in [2.45, 2.75) is 6.92 Å². The molecule has 1 heterocycles. The summed E-state index contributed by atoms with van der Waals surface area (Å²) in [6.07, 6.45) is 0. The Kier molecular flexibility index (Phi) is 3.54. The van der Waals surface area contributed by atoms with E-state index in [0.717, 1.165) is 10.6 Å². The highest BCUT2D eigenvalue weighted by atomic mass is 35.5. The van der Waals surface area contributed by atoms with Crippen LogP contribution in [0.5, 0.6) is 0 Å². The van der Waals surface area contributed by atoms with Gasteiger partial charge in [-0.25, -0.2) is 0 Å². The molecule has 1 aromatic carbocycles. The van der Waals surface area contributed by atoms with E-state index in [2.05, 4.69) is 11.6 Å². The summed E-state index contributed by atoms with van der Waals surface area (Å²) < 4.78 is 0. The van der Waals surface area contributed by atoms with Crippen LogP contribution in [0.4, 0.5) is 5.69 Å². The standard InChI is InChI=1S/C12H11ClN2OS/c1-8-7-15(12(17-8)14-9(2)16)11-5-3-10(13)4-6-11/h3-6H,1,7H2,2H3. The summed E-state index contributed by atoms with van der Waals surface area (Å²) in [5.41, 5.74) is 0.959. The van der Waals surface area contributed by atoms with Crippen molar-refractivity contribution < 1.29 is 4.79 Å². The van der Waals surface area contributed by atoms with E-state index in [1.54, 1.807) is 0 Å². The average Bonchev–Trinajstić information content (AvgIpc) is 2.59. The van der Waals surface area contributed by atoms with Gasteiger partial charge in [-0.15, -0.1) is 0 Å². The predicted molar refractivity (Wildman–Crippen MR) is 73.6 cm³/mol. The van der Waals surface area contributed by atoms with Crippen LogP contribution in [0.2, 0.25) is 5.02 Å². The van der Waals surface area contributed by atoms with Gasteiger partial charge < -0.3 is 4.90 Å². The van der Waals surface area contributed by atoms with Crippen LogP contribution >= 0.6 is 23.4 Å². The Hall–Kier alpha value is -1.26. The number of amides is 1. The van der Waals surface area contributed by atoms with E-state index in [1.807, 2.05) is 29.2 Å². The summed E-state index contributed by atoms with van der Waals surface area (Å²) in [4.78, 5) is 18.0. The molecule has 0 bridgehead atoms. The fourth-order valence-corrected chi connectivity index (χ4v) is 2.53. The molecule has 0 unspecified atom stereocenters. The molecule has 0 saturated carbocycles. The molecular formula is C12H11ClN2OS. The molecule has 3 nitrogen and oxygen atoms in total. The Balaban J connectivity index is 2.33. The lowest BCUT2D eigenvalue weighted by molar-refractivity contribution is -0.115. The second kappa shape index (κ2) is 4.94. The molecule has 1 aliphatic rings. The highest BCUT2D eigenvalue weighted by molar-refractivity contribution is 8.18. The number of hydrogen-bond donors (Lipinski definition) is 0. The number of hydrogen-bond acceptors (Lipinski definition) is 2. The number of anilines is 1. The van der Waals surface area contributed by atoms with Crippen molar-refractivity contribution in [1.82, 2.24) is 0 Å². The van der Waals surface area contributed by atoms with Gasteiger partial charge in [-0.1, -0.05) is 29.9 Å². The summed E-state index contributed by atoms with van der Waals surface area (Å²) in [5.74, 6) is -0.207. The normalized spacial score (nSPS) is 17.9. The second-order valence-electron chi connectivity index (χ2n) is 3.62. The van der Waals surface area contributed by atoms with Gasteiger partial charge in [0.25, 0.3) is 0 Å². The van der Waals surface area contributed by atoms with Gasteiger partial charge in [0.1, 0.15) is 0 Å². The zero-order chi connectivity index (χ0) is 12.4. The summed E-state index contributed by atoms with van der Waals surface area (Å²) in [6.45, 7) is 6.01. The molecule has 0 aromatic heterocycles. The molecule has 1 aliphatic heterocycles. The van der Waals surface area contributed by atoms with Gasteiger partial charge in [0.05, 0.1) is 6.54 Å². The van der Waals surface area contributed by atoms with Gasteiger partial charge in [-0.3, -0.25) is 4.79 Å². The first-order valence-corrected chi connectivity index (χ1v) is 6.23. The van der Waals surface area contributed by atoms with Crippen molar-refractivity contribution >= 4 is 40.1 Å². The summed E-state index contributed by atoms with van der Waals surface area (Å²) in [5, 5.41) is 1.36. The molecule has 0 spiro atoms. The fraction of sp³-hybridized carbons (Fsp3) is 0.167. The molecule has 1 saturated heterocycles. The highest BCUT2D eigenvalue weighted by Gasteiger charge is 2.24. The van der Waals surface area contributed by atoms with Crippen LogP contribution < -0.4 is 4.90 Å². The number of rotatable bonds is 1. The summed E-state index contributed by atoms with van der Waals surface area (Å²) in [6, 6.07) is 7.43. The van der Waals surface area contributed by atoms with Crippen molar-refractivity contribution in [3.8, 4) is 0 Å². The van der Waals surface area contributed by atoms with Crippen LogP contribution in [0.3, 0.4) is 0 Å². The third kappa shape index (κ3) is 2.90. The zero-order valence-electron chi connectivity index (χ0n) is 9.31. The van der Waals surface area contributed by atoms with Gasteiger partial charge in [-0.05, 0) is 24.3 Å². The molecule has 0 radical (unpaired) electrons. The van der Waals surface area contributed by atoms with Gasteiger partial charge in [0.15, 0.2) is 5.17 Å². The fourth-order valence-electron chi connectivity index (χ4n) is 1.50. The van der Waals surface area contributed by atoms with Gasteiger partial charge >= 0.3 is 0 Å². The third-order valence-corrected chi connectivity index (χ3v) is 3.36. The molecule has 1 amide bonds. The Morgan fingerprint density at radius 3 is 2.71 bits per heavy atom. The second-order valence-corrected chi connectivity index (χ2v) is 5.20. The molecule has 88 valence electrons. The highest BCUT2D eigenvalue weighted by Crippen LogP contribution is 2.32. The van der Waals surface area contributed by atoms with Crippen molar-refractivity contribution in [1.29, 1.82) is 0 Å². The number of benzene rings is 1. The maximum atomic E-state index is 11.1. The van der Waals surface area contributed by atoms with E-state index in [4.69, 9.17) is 11.6 Å². The Labute approximate surface area is 109 Å². The number of carbonyl (C=O) groups is 1. The maximum absolute atomic E-state index is 11.1. The lowest BCUT2D eigenvalue weighted by atomic mass is 10.3. The first-order chi connectivity index (χ1) is 8.06. The number of amidine groups is 1. The first kappa shape index (κ1) is 12.2. The molecule has 1 aromatic rings. The van der Waals surface area contributed by atoms with E-state index in [1.165, 1.54) is 18.7 Å². The Morgan fingerprint density at radius 1 is 1.47 bits per heavy atom. The maximum Gasteiger partial charge on any atom is 0.244 e. The number of aliphatic imine (C=N–C) groups is 1. The van der Waals surface area contributed by atoms with Crippen LogP contribution in [-0.4, -0.2) is 17.6 Å². The molecule has 0 atom stereocenters. The molecule has 1 fully saturated rings. The zero-order valence-corrected chi connectivity index (χ0v) is 10.9. The SMILES string of the molecule is C=C1CN(c2ccc(Cl)cc2)C(=NC(C)=O)S1. The molecule has 17 heavy (non-hydrogen) atoms. The minimum atomic E-state index is -0.207. The largest absolute Gasteiger partial charge is 0.316 e. The minimum absolute atomic E-state index is 0.207. The van der Waals surface area contributed by atoms with Gasteiger partial charge in [0, 0.05) is 22.5 Å². The number of thioether (sulfide) groups is 1. The minimum Gasteiger partial charge on any atom is -0.316 e. The van der Waals surface area contributed by atoms with Crippen LogP contribution in [0.25, 0.3) is 0 Å². The monoisotopic (exact) mass is 266 g/mol. The Bertz CT molecular complexity index is 496. The lowest BCUT2D eigenvalue weighted by Gasteiger charge is -2.17. The molecular weight excluding hydrogens is 256 g/mol. The average molecular weight is 267 g/mol. The van der Waals surface area contributed by atoms with Crippen molar-refractivity contribution in [2.75, 3.05) is 11.4 Å². The molecule has 0 aliphatic carbocycles. The van der Waals surface area contributed by atoms with E-state index in [9.17, 15) is 4.79 Å². The Morgan fingerprint density at radius 2 is 2.12 bits per heavy atom. The number of nitrogens with zero attached hydrogens (tertiary/aromatic N) is 2. The van der Waals surface area contributed by atoms with E-state index >= 15 is 0 Å². The molecule has 2 rings (SSSR count). The van der Waals surface area contributed by atoms with E-state index < -0.39 is 0 Å². The lowest BCUT2D eigenvalue weighted by Crippen LogP contribution is -2.23. The number of carbonyl (C=O) groups excluding carboxylic acids is 1. The number of halogens is 1. The van der Waals surface area contributed by atoms with Gasteiger partial charge in [-0.2, -0.15) is 4.99 Å². The quantitative estimate of drug-likeness (QED) is 0.782. The van der Waals surface area contributed by atoms with E-state index in [0.29, 0.717) is 16.7 Å². The first-order valence-electron chi connectivity index (χ1n) is 5.04. The summed E-state index contributed by atoms with van der Waals surface area (Å²) in [7, 11) is 0. The van der Waals surface area contributed by atoms with Crippen LogP contribution in [0.1, 0.15) is 6.92 Å². The van der Waals surface area contributed by atoms with E-state index in [-0.39, 0.29) is 5.91 Å². The topological polar surface area (TPSA) is 32.7 Å². The van der Waals surface area contributed by atoms with Crippen LogP contribution in [0, 0.1) is 0 Å². The van der Waals surface area contributed by atoms with Gasteiger partial charge in [0.2, 0.25) is 5.91 Å². The van der Waals surface area contributed by atoms with Crippen molar-refractivity contribution in [2.24, 2.45) is 4.99 Å². The van der Waals surface area contributed by atoms with Crippen molar-refractivity contribution in [3.05, 3.63) is 40.8 Å². The molecule has 5 heteroatoms. The third-order valence-electron chi connectivity index (χ3n) is 2.19. The van der Waals surface area contributed by atoms with Crippen LogP contribution in [-0.2, 0) is 4.79 Å². The van der Waals surface area contributed by atoms with Crippen LogP contribution in [0.15, 0.2) is 40.7 Å². The van der Waals surface area contributed by atoms with Crippen molar-refractivity contribution in [3.63, 3.8) is 0 Å².